The minimum Gasteiger partial charge on any atom is -0.480 e. The van der Waals surface area contributed by atoms with Crippen LogP contribution in [0.5, 0.6) is 0 Å². The molecule has 0 atom stereocenters. The zero-order valence-corrected chi connectivity index (χ0v) is 17.7. The zero-order valence-electron chi connectivity index (χ0n) is 17.7. The fourth-order valence-corrected chi connectivity index (χ4v) is 3.26. The molecule has 0 aliphatic carbocycles. The molecular weight excluding hydrogens is 412 g/mol. The second kappa shape index (κ2) is 14.6. The average Bonchev–Trinajstić information content (AvgIpc) is 2.67. The highest BCUT2D eigenvalue weighted by Crippen LogP contribution is 2.01. The SMILES string of the molecule is NCCNC(=O)CN1CCN(CC(=O)O)CCN(CC(=O)O)CCN(CC(=O)O)CC1. The first-order chi connectivity index (χ1) is 14.7. The number of rotatable bonds is 10. The van der Waals surface area contributed by atoms with E-state index in [4.69, 9.17) is 10.8 Å². The van der Waals surface area contributed by atoms with Gasteiger partial charge in [0.25, 0.3) is 0 Å². The van der Waals surface area contributed by atoms with Crippen molar-refractivity contribution in [2.24, 2.45) is 5.73 Å². The van der Waals surface area contributed by atoms with E-state index >= 15 is 0 Å². The Kier molecular flexibility index (Phi) is 12.6. The summed E-state index contributed by atoms with van der Waals surface area (Å²) in [6, 6.07) is 0. The summed E-state index contributed by atoms with van der Waals surface area (Å²) in [6.07, 6.45) is 0. The third-order valence-corrected chi connectivity index (χ3v) is 4.84. The molecule has 0 aromatic rings. The number of aliphatic carboxylic acids is 3. The maximum absolute atomic E-state index is 12.1. The lowest BCUT2D eigenvalue weighted by Crippen LogP contribution is -2.50. The minimum absolute atomic E-state index is 0.0902. The number of nitrogens with zero attached hydrogens (tertiary/aromatic N) is 4. The summed E-state index contributed by atoms with van der Waals surface area (Å²) in [5.74, 6) is -3.19. The molecule has 0 radical (unpaired) electrons. The van der Waals surface area contributed by atoms with Gasteiger partial charge in [-0.3, -0.25) is 38.8 Å². The third-order valence-electron chi connectivity index (χ3n) is 4.84. The lowest BCUT2D eigenvalue weighted by Gasteiger charge is -2.32. The predicted octanol–water partition coefficient (Wildman–Crippen LogP) is -3.46. The van der Waals surface area contributed by atoms with Crippen LogP contribution in [-0.2, 0) is 19.2 Å². The highest BCUT2D eigenvalue weighted by atomic mass is 16.4. The van der Waals surface area contributed by atoms with Gasteiger partial charge in [0.15, 0.2) is 0 Å². The zero-order chi connectivity index (χ0) is 23.2. The first-order valence-electron chi connectivity index (χ1n) is 10.2. The normalized spacial score (nSPS) is 18.6. The maximum Gasteiger partial charge on any atom is 0.317 e. The fraction of sp³-hybridized carbons (Fsp3) is 0.778. The monoisotopic (exact) mass is 446 g/mol. The van der Waals surface area contributed by atoms with Crippen LogP contribution < -0.4 is 11.1 Å². The quantitative estimate of drug-likeness (QED) is 0.224. The lowest BCUT2D eigenvalue weighted by molar-refractivity contribution is -0.140. The Morgan fingerprint density at radius 2 is 0.903 bits per heavy atom. The number of carbonyl (C=O) groups excluding carboxylic acids is 1. The molecule has 0 bridgehead atoms. The number of carboxylic acid groups (broad SMARTS) is 3. The van der Waals surface area contributed by atoms with Gasteiger partial charge >= 0.3 is 17.9 Å². The summed E-state index contributed by atoms with van der Waals surface area (Å²) in [6.45, 7) is 3.05. The molecule has 1 saturated heterocycles. The smallest absolute Gasteiger partial charge is 0.317 e. The molecule has 0 saturated carbocycles. The minimum atomic E-state index is -1.00. The van der Waals surface area contributed by atoms with Crippen LogP contribution in [0.4, 0.5) is 0 Å². The lowest BCUT2D eigenvalue weighted by atomic mass is 10.3. The van der Waals surface area contributed by atoms with Crippen molar-refractivity contribution >= 4 is 23.8 Å². The molecule has 1 aliphatic heterocycles. The van der Waals surface area contributed by atoms with Crippen molar-refractivity contribution in [2.75, 3.05) is 91.6 Å². The van der Waals surface area contributed by atoms with Gasteiger partial charge in [-0.25, -0.2) is 0 Å². The first-order valence-corrected chi connectivity index (χ1v) is 10.2. The molecule has 1 aliphatic rings. The molecule has 13 heteroatoms. The topological polar surface area (TPSA) is 180 Å². The van der Waals surface area contributed by atoms with Gasteiger partial charge in [0.1, 0.15) is 0 Å². The standard InChI is InChI=1S/C18H34N6O7/c19-1-2-20-15(25)11-21-3-5-22(12-16(26)27)7-9-24(14-18(30)31)10-8-23(6-4-21)13-17(28)29/h1-14,19H2,(H,20,25)(H,26,27)(H,28,29)(H,30,31). The van der Waals surface area contributed by atoms with Crippen molar-refractivity contribution in [2.45, 2.75) is 0 Å². The molecule has 31 heavy (non-hydrogen) atoms. The van der Waals surface area contributed by atoms with E-state index in [-0.39, 0.29) is 32.1 Å². The van der Waals surface area contributed by atoms with E-state index < -0.39 is 17.9 Å². The van der Waals surface area contributed by atoms with Gasteiger partial charge in [-0.05, 0) is 0 Å². The van der Waals surface area contributed by atoms with E-state index in [0.717, 1.165) is 0 Å². The molecule has 0 unspecified atom stereocenters. The van der Waals surface area contributed by atoms with Crippen molar-refractivity contribution < 1.29 is 34.5 Å². The number of hydrogen-bond acceptors (Lipinski definition) is 9. The fourth-order valence-electron chi connectivity index (χ4n) is 3.26. The summed E-state index contributed by atoms with van der Waals surface area (Å²) in [5, 5.41) is 30.2. The second-order valence-electron chi connectivity index (χ2n) is 7.42. The number of nitrogens with one attached hydrogen (secondary N) is 1. The highest BCUT2D eigenvalue weighted by Gasteiger charge is 2.20. The summed E-state index contributed by atoms with van der Waals surface area (Å²) in [7, 11) is 0. The van der Waals surface area contributed by atoms with Gasteiger partial charge in [-0.1, -0.05) is 0 Å². The molecule has 1 fully saturated rings. The number of carboxylic acids is 3. The van der Waals surface area contributed by atoms with E-state index in [1.165, 1.54) is 0 Å². The van der Waals surface area contributed by atoms with Crippen LogP contribution in [0.15, 0.2) is 0 Å². The molecular formula is C18H34N6O7. The molecule has 6 N–H and O–H groups in total. The van der Waals surface area contributed by atoms with Gasteiger partial charge in [-0.15, -0.1) is 0 Å². The summed E-state index contributed by atoms with van der Waals surface area (Å²) >= 11 is 0. The van der Waals surface area contributed by atoms with Crippen LogP contribution >= 0.6 is 0 Å². The Labute approximate surface area is 181 Å². The van der Waals surface area contributed by atoms with E-state index in [1.54, 1.807) is 14.7 Å². The number of nitrogens with two attached hydrogens (primary N) is 1. The molecule has 0 aromatic heterocycles. The van der Waals surface area contributed by atoms with Crippen LogP contribution in [0.25, 0.3) is 0 Å². The number of carbonyl (C=O) groups is 4. The maximum atomic E-state index is 12.1. The van der Waals surface area contributed by atoms with Crippen LogP contribution in [0.1, 0.15) is 0 Å². The highest BCUT2D eigenvalue weighted by molar-refractivity contribution is 5.78. The Morgan fingerprint density at radius 3 is 1.16 bits per heavy atom. The summed E-state index contributed by atoms with van der Waals surface area (Å²) in [4.78, 5) is 52.7. The molecule has 0 spiro atoms. The van der Waals surface area contributed by atoms with E-state index in [0.29, 0.717) is 65.4 Å². The van der Waals surface area contributed by atoms with Crippen molar-refractivity contribution in [3.63, 3.8) is 0 Å². The van der Waals surface area contributed by atoms with Crippen LogP contribution in [0.3, 0.4) is 0 Å². The molecule has 178 valence electrons. The van der Waals surface area contributed by atoms with Crippen LogP contribution in [0.2, 0.25) is 0 Å². The van der Waals surface area contributed by atoms with Crippen molar-refractivity contribution in [3.8, 4) is 0 Å². The average molecular weight is 447 g/mol. The van der Waals surface area contributed by atoms with Gasteiger partial charge in [-0.2, -0.15) is 0 Å². The van der Waals surface area contributed by atoms with Crippen molar-refractivity contribution in [1.29, 1.82) is 0 Å². The molecule has 0 aromatic carbocycles. The van der Waals surface area contributed by atoms with Crippen LogP contribution in [0, 0.1) is 0 Å². The first kappa shape index (κ1) is 26.7. The summed E-state index contributed by atoms with van der Waals surface area (Å²) in [5.41, 5.74) is 5.40. The van der Waals surface area contributed by atoms with Gasteiger partial charge < -0.3 is 26.4 Å². The molecule has 1 amide bonds. The van der Waals surface area contributed by atoms with E-state index in [9.17, 15) is 29.4 Å². The Hall–Kier alpha value is -2.32. The Morgan fingerprint density at radius 1 is 0.613 bits per heavy atom. The molecule has 13 nitrogen and oxygen atoms in total. The van der Waals surface area contributed by atoms with Crippen molar-refractivity contribution in [1.82, 2.24) is 24.9 Å². The Balaban J connectivity index is 2.91. The van der Waals surface area contributed by atoms with E-state index in [2.05, 4.69) is 5.32 Å². The van der Waals surface area contributed by atoms with Crippen molar-refractivity contribution in [3.05, 3.63) is 0 Å². The van der Waals surface area contributed by atoms with Gasteiger partial charge in [0.2, 0.25) is 5.91 Å². The number of amides is 1. The number of hydrogen-bond donors (Lipinski definition) is 5. The summed E-state index contributed by atoms with van der Waals surface area (Å²) < 4.78 is 0. The largest absolute Gasteiger partial charge is 0.480 e. The van der Waals surface area contributed by atoms with Crippen LogP contribution in [-0.4, -0.2) is 150 Å². The van der Waals surface area contributed by atoms with E-state index in [1.807, 2.05) is 4.90 Å². The second-order valence-corrected chi connectivity index (χ2v) is 7.42. The van der Waals surface area contributed by atoms with Gasteiger partial charge in [0, 0.05) is 65.4 Å². The molecule has 1 heterocycles. The third kappa shape index (κ3) is 12.9. The van der Waals surface area contributed by atoms with Gasteiger partial charge in [0.05, 0.1) is 26.2 Å². The molecule has 1 rings (SSSR count). The Bertz CT molecular complexity index is 574. The predicted molar refractivity (Wildman–Crippen MR) is 111 cm³/mol.